The Morgan fingerprint density at radius 3 is 2.89 bits per heavy atom. The SMILES string of the molecule is CC1C[C@@]2(O)[C@H]3Cc4ccc(O)c5c4[C@@]2(CC[N+]3([O-])CC2CC2)C(O5)C1=O. The van der Waals surface area contributed by atoms with E-state index >= 15 is 0 Å². The summed E-state index contributed by atoms with van der Waals surface area (Å²) in [6.45, 7) is 2.79. The van der Waals surface area contributed by atoms with Crippen LogP contribution in [0.5, 0.6) is 11.5 Å². The summed E-state index contributed by atoms with van der Waals surface area (Å²) in [5.74, 6) is 0.460. The Kier molecular flexibility index (Phi) is 2.83. The molecule has 0 amide bonds. The smallest absolute Gasteiger partial charge is 0.177 e. The molecule has 6 rings (SSSR count). The Morgan fingerprint density at radius 2 is 2.15 bits per heavy atom. The lowest BCUT2D eigenvalue weighted by Crippen LogP contribution is -2.81. The number of aliphatic hydroxyl groups is 1. The number of carbonyl (C=O) groups excluding carboxylic acids is 1. The molecule has 1 saturated heterocycles. The van der Waals surface area contributed by atoms with E-state index in [1.54, 1.807) is 6.07 Å². The minimum absolute atomic E-state index is 0.0185. The molecule has 3 aliphatic carbocycles. The van der Waals surface area contributed by atoms with Crippen LogP contribution in [-0.4, -0.2) is 51.5 Å². The summed E-state index contributed by atoms with van der Waals surface area (Å²) < 4.78 is 5.70. The van der Waals surface area contributed by atoms with Crippen LogP contribution in [0, 0.1) is 17.0 Å². The maximum absolute atomic E-state index is 14.0. The molecule has 6 nitrogen and oxygen atoms in total. The van der Waals surface area contributed by atoms with E-state index in [-0.39, 0.29) is 22.1 Å². The highest BCUT2D eigenvalue weighted by Crippen LogP contribution is 2.66. The molecule has 1 spiro atoms. The topological polar surface area (TPSA) is 89.8 Å². The minimum Gasteiger partial charge on any atom is -0.632 e. The number of carbonyl (C=O) groups is 1. The van der Waals surface area contributed by atoms with E-state index in [2.05, 4.69) is 0 Å². The van der Waals surface area contributed by atoms with E-state index in [1.807, 2.05) is 13.0 Å². The fourth-order valence-electron chi connectivity index (χ4n) is 6.81. The number of ketones is 1. The lowest BCUT2D eigenvalue weighted by molar-refractivity contribution is -0.924. The average molecular weight is 371 g/mol. The van der Waals surface area contributed by atoms with Crippen molar-refractivity contribution >= 4 is 5.78 Å². The first-order chi connectivity index (χ1) is 12.8. The van der Waals surface area contributed by atoms with E-state index in [1.165, 1.54) is 0 Å². The van der Waals surface area contributed by atoms with E-state index in [0.717, 1.165) is 24.0 Å². The monoisotopic (exact) mass is 371 g/mol. The number of aromatic hydroxyl groups is 1. The van der Waals surface area contributed by atoms with Crippen LogP contribution in [0.4, 0.5) is 0 Å². The number of likely N-dealkylation sites (tertiary alicyclic amines) is 1. The molecule has 2 heterocycles. The van der Waals surface area contributed by atoms with Crippen LogP contribution in [0.3, 0.4) is 0 Å². The Balaban J connectivity index is 1.61. The molecule has 1 aromatic rings. The van der Waals surface area contributed by atoms with Gasteiger partial charge in [-0.3, -0.25) is 4.79 Å². The predicted molar refractivity (Wildman–Crippen MR) is 96.1 cm³/mol. The van der Waals surface area contributed by atoms with Crippen molar-refractivity contribution < 1.29 is 24.4 Å². The Morgan fingerprint density at radius 1 is 1.37 bits per heavy atom. The molecule has 1 aromatic carbocycles. The van der Waals surface area contributed by atoms with Gasteiger partial charge in [0.05, 0.1) is 18.5 Å². The van der Waals surface area contributed by atoms with Crippen molar-refractivity contribution in [2.45, 2.75) is 62.2 Å². The van der Waals surface area contributed by atoms with Crippen molar-refractivity contribution in [3.05, 3.63) is 28.5 Å². The fraction of sp³-hybridized carbons (Fsp3) is 0.667. The second-order valence-electron chi connectivity index (χ2n) is 9.62. The van der Waals surface area contributed by atoms with Gasteiger partial charge in [-0.05, 0) is 30.9 Å². The Labute approximate surface area is 157 Å². The van der Waals surface area contributed by atoms with E-state index in [0.29, 0.717) is 44.0 Å². The van der Waals surface area contributed by atoms with Gasteiger partial charge < -0.3 is 24.8 Å². The van der Waals surface area contributed by atoms with Crippen molar-refractivity contribution in [1.82, 2.24) is 0 Å². The number of ether oxygens (including phenoxy) is 1. The molecule has 27 heavy (non-hydrogen) atoms. The molecule has 2 aliphatic heterocycles. The Hall–Kier alpha value is -1.63. The van der Waals surface area contributed by atoms with Crippen LogP contribution in [0.25, 0.3) is 0 Å². The van der Waals surface area contributed by atoms with Gasteiger partial charge in [-0.15, -0.1) is 0 Å². The number of hydrogen-bond donors (Lipinski definition) is 2. The fourth-order valence-corrected chi connectivity index (χ4v) is 6.81. The van der Waals surface area contributed by atoms with Crippen LogP contribution in [0.1, 0.15) is 43.7 Å². The number of piperidine rings is 1. The van der Waals surface area contributed by atoms with Gasteiger partial charge in [0.25, 0.3) is 0 Å². The van der Waals surface area contributed by atoms with E-state index in [4.69, 9.17) is 4.74 Å². The van der Waals surface area contributed by atoms with E-state index < -0.39 is 23.2 Å². The van der Waals surface area contributed by atoms with Gasteiger partial charge in [-0.25, -0.2) is 0 Å². The summed E-state index contributed by atoms with van der Waals surface area (Å²) in [4.78, 5) is 13.1. The third-order valence-electron chi connectivity index (χ3n) is 8.17. The quantitative estimate of drug-likeness (QED) is 0.611. The number of hydrogen-bond acceptors (Lipinski definition) is 5. The summed E-state index contributed by atoms with van der Waals surface area (Å²) in [6, 6.07) is 2.97. The summed E-state index contributed by atoms with van der Waals surface area (Å²) in [5, 5.41) is 36.5. The maximum Gasteiger partial charge on any atom is 0.177 e. The van der Waals surface area contributed by atoms with Crippen molar-refractivity contribution in [2.24, 2.45) is 11.8 Å². The molecule has 6 atom stereocenters. The lowest BCUT2D eigenvalue weighted by atomic mass is 9.47. The third kappa shape index (κ3) is 1.71. The highest BCUT2D eigenvalue weighted by atomic mass is 16.6. The highest BCUT2D eigenvalue weighted by Gasteiger charge is 2.77. The molecule has 2 bridgehead atoms. The van der Waals surface area contributed by atoms with E-state index in [9.17, 15) is 20.2 Å². The molecule has 0 aromatic heterocycles. The van der Waals surface area contributed by atoms with Gasteiger partial charge in [0.2, 0.25) is 0 Å². The number of quaternary nitrogens is 1. The molecule has 3 fully saturated rings. The maximum atomic E-state index is 14.0. The molecule has 2 saturated carbocycles. The van der Waals surface area contributed by atoms with Crippen molar-refractivity contribution in [2.75, 3.05) is 13.1 Å². The number of hydroxylamine groups is 3. The van der Waals surface area contributed by atoms with Crippen LogP contribution in [-0.2, 0) is 16.6 Å². The van der Waals surface area contributed by atoms with Gasteiger partial charge >= 0.3 is 0 Å². The average Bonchev–Trinajstić information content (AvgIpc) is 3.34. The first kappa shape index (κ1) is 16.3. The number of phenols is 1. The number of phenolic OH excluding ortho intramolecular Hbond substituents is 1. The number of rotatable bonds is 2. The summed E-state index contributed by atoms with van der Waals surface area (Å²) in [7, 11) is 0. The zero-order valence-electron chi connectivity index (χ0n) is 15.5. The zero-order chi connectivity index (χ0) is 18.8. The first-order valence-corrected chi connectivity index (χ1v) is 10.2. The summed E-state index contributed by atoms with van der Waals surface area (Å²) in [5.41, 5.74) is -0.412. The van der Waals surface area contributed by atoms with Crippen molar-refractivity contribution in [3.8, 4) is 11.5 Å². The predicted octanol–water partition coefficient (Wildman–Crippen LogP) is 1.78. The van der Waals surface area contributed by atoms with Gasteiger partial charge in [-0.1, -0.05) is 13.0 Å². The van der Waals surface area contributed by atoms with Gasteiger partial charge in [0.15, 0.2) is 23.4 Å². The molecular formula is C21H25NO5. The van der Waals surface area contributed by atoms with Crippen LogP contribution in [0.2, 0.25) is 0 Å². The Bertz CT molecular complexity index is 882. The number of nitrogens with zero attached hydrogens (tertiary/aromatic N) is 1. The van der Waals surface area contributed by atoms with Gasteiger partial charge in [0.1, 0.15) is 11.6 Å². The largest absolute Gasteiger partial charge is 0.632 e. The first-order valence-electron chi connectivity index (χ1n) is 10.2. The molecule has 2 N–H and O–H groups in total. The molecule has 0 radical (unpaired) electrons. The molecule has 3 unspecified atom stereocenters. The minimum atomic E-state index is -1.27. The third-order valence-corrected chi connectivity index (χ3v) is 8.17. The van der Waals surface area contributed by atoms with Crippen LogP contribution < -0.4 is 4.74 Å². The normalized spacial score (nSPS) is 46.8. The highest BCUT2D eigenvalue weighted by molar-refractivity contribution is 5.91. The van der Waals surface area contributed by atoms with Gasteiger partial charge in [-0.2, -0.15) is 0 Å². The standard InChI is InChI=1S/C21H25NO5/c1-11-9-21(25)15-8-13-4-5-14(23)18-16(13)20(21,19(27-18)17(11)24)6-7-22(15,26)10-12-2-3-12/h4-5,11-12,15,19,23,25H,2-3,6-10H2,1H3/t11?,15-,19?,20+,21-,22?/m1/s1. The molecule has 6 heteroatoms. The summed E-state index contributed by atoms with van der Waals surface area (Å²) >= 11 is 0. The van der Waals surface area contributed by atoms with Crippen LogP contribution >= 0.6 is 0 Å². The number of benzene rings is 1. The molecular weight excluding hydrogens is 346 g/mol. The summed E-state index contributed by atoms with van der Waals surface area (Å²) in [6.07, 6.45) is 2.63. The van der Waals surface area contributed by atoms with Crippen LogP contribution in [0.15, 0.2) is 12.1 Å². The van der Waals surface area contributed by atoms with Gasteiger partial charge in [0, 0.05) is 30.2 Å². The lowest BCUT2D eigenvalue weighted by Gasteiger charge is -2.67. The second kappa shape index (κ2) is 4.67. The molecule has 5 aliphatic rings. The molecule has 144 valence electrons. The van der Waals surface area contributed by atoms with Crippen molar-refractivity contribution in [3.63, 3.8) is 0 Å². The van der Waals surface area contributed by atoms with Crippen molar-refractivity contribution in [1.29, 1.82) is 0 Å². The zero-order valence-corrected chi connectivity index (χ0v) is 15.5. The number of Topliss-reactive ketones (excluding diaryl/α,β-unsaturated/α-hetero) is 1. The second-order valence-corrected chi connectivity index (χ2v) is 9.62.